The van der Waals surface area contributed by atoms with Crippen molar-refractivity contribution in [1.29, 1.82) is 0 Å². The Bertz CT molecular complexity index is 512. The lowest BCUT2D eigenvalue weighted by Gasteiger charge is -2.26. The molecule has 0 bridgehead atoms. The Morgan fingerprint density at radius 1 is 1.19 bits per heavy atom. The zero-order valence-electron chi connectivity index (χ0n) is 12.8. The van der Waals surface area contributed by atoms with Crippen LogP contribution < -0.4 is 5.73 Å². The second-order valence-corrected chi connectivity index (χ2v) is 7.48. The molecule has 1 aromatic rings. The fraction of sp³-hybridized carbons (Fsp3) is 0.600. The highest BCUT2D eigenvalue weighted by Gasteiger charge is 2.17. The van der Waals surface area contributed by atoms with Crippen molar-refractivity contribution >= 4 is 9.84 Å². The van der Waals surface area contributed by atoms with Crippen LogP contribution in [-0.4, -0.2) is 49.9 Å². The molecule has 3 N–H and O–H groups in total. The van der Waals surface area contributed by atoms with Crippen LogP contribution in [0.2, 0.25) is 0 Å². The molecule has 0 saturated heterocycles. The molecule has 0 unspecified atom stereocenters. The minimum Gasteiger partial charge on any atom is -0.396 e. The Morgan fingerprint density at radius 3 is 2.29 bits per heavy atom. The first-order valence-electron chi connectivity index (χ1n) is 7.27. The molecule has 1 rings (SSSR count). The predicted octanol–water partition coefficient (Wildman–Crippen LogP) is 1.01. The summed E-state index contributed by atoms with van der Waals surface area (Å²) in [5.74, 6) is 0.0819. The van der Waals surface area contributed by atoms with Gasteiger partial charge in [-0.2, -0.15) is 0 Å². The first-order valence-corrected chi connectivity index (χ1v) is 8.92. The second kappa shape index (κ2) is 8.48. The molecule has 5 nitrogen and oxygen atoms in total. The van der Waals surface area contributed by atoms with Gasteiger partial charge >= 0.3 is 0 Å². The van der Waals surface area contributed by atoms with E-state index in [1.807, 2.05) is 13.8 Å². The van der Waals surface area contributed by atoms with Gasteiger partial charge in [-0.1, -0.05) is 12.1 Å². The normalized spacial score (nSPS) is 12.3. The molecule has 1 aromatic carbocycles. The van der Waals surface area contributed by atoms with Crippen LogP contribution >= 0.6 is 0 Å². The second-order valence-electron chi connectivity index (χ2n) is 5.37. The molecule has 0 aliphatic carbocycles. The lowest BCUT2D eigenvalue weighted by molar-refractivity contribution is 0.200. The van der Waals surface area contributed by atoms with Crippen LogP contribution in [-0.2, 0) is 16.4 Å². The van der Waals surface area contributed by atoms with Crippen LogP contribution in [0.5, 0.6) is 0 Å². The molecule has 0 saturated carbocycles. The quantitative estimate of drug-likeness (QED) is 0.711. The highest BCUT2D eigenvalue weighted by atomic mass is 32.2. The van der Waals surface area contributed by atoms with Gasteiger partial charge in [-0.3, -0.25) is 4.90 Å². The van der Waals surface area contributed by atoms with E-state index in [0.29, 0.717) is 31.0 Å². The number of benzene rings is 1. The summed E-state index contributed by atoms with van der Waals surface area (Å²) >= 11 is 0. The number of sulfone groups is 1. The molecule has 120 valence electrons. The van der Waals surface area contributed by atoms with Crippen LogP contribution in [0.1, 0.15) is 25.8 Å². The van der Waals surface area contributed by atoms with E-state index in [2.05, 4.69) is 4.90 Å². The Morgan fingerprint density at radius 2 is 1.81 bits per heavy atom. The molecule has 0 aliphatic rings. The minimum absolute atomic E-state index is 0.0819. The highest BCUT2D eigenvalue weighted by molar-refractivity contribution is 7.91. The van der Waals surface area contributed by atoms with E-state index >= 15 is 0 Å². The van der Waals surface area contributed by atoms with E-state index < -0.39 is 9.84 Å². The first kappa shape index (κ1) is 18.1. The van der Waals surface area contributed by atoms with E-state index in [4.69, 9.17) is 10.8 Å². The van der Waals surface area contributed by atoms with Gasteiger partial charge in [-0.15, -0.1) is 0 Å². The fourth-order valence-corrected chi connectivity index (χ4v) is 3.35. The van der Waals surface area contributed by atoms with Crippen molar-refractivity contribution in [2.45, 2.75) is 37.8 Å². The summed E-state index contributed by atoms with van der Waals surface area (Å²) in [7, 11) is -3.28. The van der Waals surface area contributed by atoms with Gasteiger partial charge in [0.2, 0.25) is 0 Å². The van der Waals surface area contributed by atoms with Crippen molar-refractivity contribution in [3.8, 4) is 0 Å². The molecule has 0 fully saturated rings. The number of aliphatic hydroxyl groups is 1. The van der Waals surface area contributed by atoms with E-state index in [-0.39, 0.29) is 18.4 Å². The number of nitrogens with zero attached hydrogens (tertiary/aromatic N) is 1. The van der Waals surface area contributed by atoms with Crippen molar-refractivity contribution in [2.24, 2.45) is 5.73 Å². The van der Waals surface area contributed by atoms with Crippen molar-refractivity contribution in [1.82, 2.24) is 4.90 Å². The number of hydrogen-bond donors (Lipinski definition) is 2. The lowest BCUT2D eigenvalue weighted by Crippen LogP contribution is -2.36. The highest BCUT2D eigenvalue weighted by Crippen LogP contribution is 2.13. The summed E-state index contributed by atoms with van der Waals surface area (Å²) < 4.78 is 24.7. The van der Waals surface area contributed by atoms with Crippen molar-refractivity contribution in [3.63, 3.8) is 0 Å². The lowest BCUT2D eigenvalue weighted by atomic mass is 10.2. The van der Waals surface area contributed by atoms with Gasteiger partial charge in [0.1, 0.15) is 0 Å². The number of nitrogens with two attached hydrogens (primary N) is 1. The molecular formula is C15H26N2O3S. The molecule has 6 heteroatoms. The molecule has 21 heavy (non-hydrogen) atoms. The summed E-state index contributed by atoms with van der Waals surface area (Å²) in [5, 5.41) is 8.90. The number of aliphatic hydroxyl groups excluding tert-OH is 1. The maximum atomic E-state index is 12.3. The van der Waals surface area contributed by atoms with E-state index in [1.54, 1.807) is 24.3 Å². The van der Waals surface area contributed by atoms with Gasteiger partial charge in [0.15, 0.2) is 9.84 Å². The summed E-state index contributed by atoms with van der Waals surface area (Å²) in [4.78, 5) is 2.41. The molecule has 0 spiro atoms. The zero-order chi connectivity index (χ0) is 15.9. The fourth-order valence-electron chi connectivity index (χ4n) is 2.09. The van der Waals surface area contributed by atoms with Crippen LogP contribution in [0.25, 0.3) is 0 Å². The molecular weight excluding hydrogens is 288 g/mol. The van der Waals surface area contributed by atoms with Gasteiger partial charge in [-0.05, 0) is 38.0 Å². The molecule has 0 aromatic heterocycles. The number of rotatable bonds is 9. The van der Waals surface area contributed by atoms with Gasteiger partial charge in [0.25, 0.3) is 0 Å². The molecule has 0 radical (unpaired) electrons. The van der Waals surface area contributed by atoms with Crippen molar-refractivity contribution in [3.05, 3.63) is 29.8 Å². The maximum absolute atomic E-state index is 12.3. The Kier molecular flexibility index (Phi) is 7.31. The smallest absolute Gasteiger partial charge is 0.179 e. The third-order valence-corrected chi connectivity index (χ3v) is 5.21. The summed E-state index contributed by atoms with van der Waals surface area (Å²) in [6.07, 6.45) is 0.656. The van der Waals surface area contributed by atoms with Gasteiger partial charge < -0.3 is 10.8 Å². The minimum atomic E-state index is -3.28. The zero-order valence-corrected chi connectivity index (χ0v) is 13.6. The van der Waals surface area contributed by atoms with Crippen molar-refractivity contribution < 1.29 is 13.5 Å². The SMILES string of the molecule is CC(C)N(CCCO)CCS(=O)(=O)c1ccc(CN)cc1. The van der Waals surface area contributed by atoms with Gasteiger partial charge in [-0.25, -0.2) is 8.42 Å². The topological polar surface area (TPSA) is 83.6 Å². The summed E-state index contributed by atoms with van der Waals surface area (Å²) in [6.45, 7) is 5.76. The molecule has 0 amide bonds. The summed E-state index contributed by atoms with van der Waals surface area (Å²) in [6, 6.07) is 6.99. The summed E-state index contributed by atoms with van der Waals surface area (Å²) in [5.41, 5.74) is 6.43. The molecule has 0 aliphatic heterocycles. The Hall–Kier alpha value is -0.950. The first-order chi connectivity index (χ1) is 9.90. The Labute approximate surface area is 127 Å². The predicted molar refractivity (Wildman–Crippen MR) is 84.8 cm³/mol. The van der Waals surface area contributed by atoms with E-state index in [0.717, 1.165) is 5.56 Å². The van der Waals surface area contributed by atoms with Crippen LogP contribution in [0.3, 0.4) is 0 Å². The monoisotopic (exact) mass is 314 g/mol. The molecule has 0 atom stereocenters. The van der Waals surface area contributed by atoms with Gasteiger partial charge in [0, 0.05) is 32.3 Å². The Balaban J connectivity index is 2.69. The van der Waals surface area contributed by atoms with Crippen LogP contribution in [0, 0.1) is 0 Å². The molecule has 0 heterocycles. The maximum Gasteiger partial charge on any atom is 0.179 e. The third kappa shape index (κ3) is 5.74. The average Bonchev–Trinajstić information content (AvgIpc) is 2.47. The van der Waals surface area contributed by atoms with E-state index in [1.165, 1.54) is 0 Å². The van der Waals surface area contributed by atoms with Crippen LogP contribution in [0.4, 0.5) is 0 Å². The van der Waals surface area contributed by atoms with Crippen LogP contribution in [0.15, 0.2) is 29.2 Å². The van der Waals surface area contributed by atoms with E-state index in [9.17, 15) is 8.42 Å². The number of hydrogen-bond acceptors (Lipinski definition) is 5. The third-order valence-electron chi connectivity index (χ3n) is 3.50. The standard InChI is InChI=1S/C15H26N2O3S/c1-13(2)17(8-3-10-18)9-11-21(19,20)15-6-4-14(12-16)5-7-15/h4-7,13,18H,3,8-12,16H2,1-2H3. The van der Waals surface area contributed by atoms with Gasteiger partial charge in [0.05, 0.1) is 10.6 Å². The largest absolute Gasteiger partial charge is 0.396 e. The average molecular weight is 314 g/mol. The van der Waals surface area contributed by atoms with Crippen molar-refractivity contribution in [2.75, 3.05) is 25.4 Å².